The van der Waals surface area contributed by atoms with Gasteiger partial charge in [0.25, 0.3) is 41.2 Å². The topological polar surface area (TPSA) is 353 Å². The number of nitrogen functional groups attached to an aromatic ring is 4. The summed E-state index contributed by atoms with van der Waals surface area (Å²) in [5.41, 5.74) is 32.9. The van der Waals surface area contributed by atoms with Crippen molar-refractivity contribution in [1.29, 1.82) is 0 Å². The van der Waals surface area contributed by atoms with Crippen molar-refractivity contribution in [2.24, 2.45) is 17.8 Å². The molecule has 0 saturated carbocycles. The number of nitrogens with two attached hydrogens (primary N) is 4. The molecule has 4 aliphatic rings. The number of fused-ring (bicyclic) bond motifs is 8. The van der Waals surface area contributed by atoms with Crippen LogP contribution in [0.5, 0.6) is 0 Å². The van der Waals surface area contributed by atoms with E-state index in [2.05, 4.69) is 4.89 Å². The van der Waals surface area contributed by atoms with Gasteiger partial charge < -0.3 is 38.8 Å². The normalized spacial score (nSPS) is 12.8. The second kappa shape index (κ2) is 27.0. The van der Waals surface area contributed by atoms with Crippen molar-refractivity contribution in [3.05, 3.63) is 160 Å². The van der Waals surface area contributed by atoms with Gasteiger partial charge in [-0.15, -0.1) is 22.4 Å². The van der Waals surface area contributed by atoms with E-state index in [4.69, 9.17) is 52.9 Å². The first-order chi connectivity index (χ1) is 43.9. The molecule has 22 nitrogen and oxygen atoms in total. The van der Waals surface area contributed by atoms with Crippen LogP contribution in [0.4, 0.5) is 27.1 Å². The number of carbonyl (C=O) groups is 5. The summed E-state index contributed by atoms with van der Waals surface area (Å²) in [6, 6.07) is 27.9. The summed E-state index contributed by atoms with van der Waals surface area (Å²) < 4.78 is 11.4. The van der Waals surface area contributed by atoms with Crippen LogP contribution in [0.25, 0.3) is 121 Å². The van der Waals surface area contributed by atoms with Crippen LogP contribution in [0.15, 0.2) is 116 Å². The number of aromatic nitrogens is 5. The molecule has 461 valence electrons. The number of imide groups is 2. The first kappa shape index (κ1) is 69.4. The predicted molar refractivity (Wildman–Crippen MR) is 361 cm³/mol. The Bertz CT molecular complexity index is 4980. The number of anilines is 4. The zero-order valence-electron chi connectivity index (χ0n) is 52.9. The fraction of sp³-hybridized carbons (Fsp3) is 0.179. The molecule has 12 aromatic rings. The van der Waals surface area contributed by atoms with E-state index in [-0.39, 0.29) is 174 Å². The average Bonchev–Trinajstić information content (AvgIpc) is 1.60. The van der Waals surface area contributed by atoms with Crippen LogP contribution in [-0.2, 0) is 16.2 Å². The molecule has 5 heterocycles. The summed E-state index contributed by atoms with van der Waals surface area (Å²) in [4.78, 5) is 138. The Balaban J connectivity index is 0.000000203. The number of hydrogen-bond donors (Lipinski definition) is 4. The Morgan fingerprint density at radius 1 is 0.457 bits per heavy atom. The third-order valence-corrected chi connectivity index (χ3v) is 16.5. The summed E-state index contributed by atoms with van der Waals surface area (Å²) in [6.45, 7) is 12.7. The van der Waals surface area contributed by atoms with Gasteiger partial charge in [0.2, 0.25) is 10.9 Å². The van der Waals surface area contributed by atoms with E-state index in [0.29, 0.717) is 147 Å². The first-order valence-corrected chi connectivity index (χ1v) is 30.1. The van der Waals surface area contributed by atoms with Crippen molar-refractivity contribution in [2.45, 2.75) is 48.1 Å². The van der Waals surface area contributed by atoms with Crippen LogP contribution in [0, 0.1) is 17.8 Å². The van der Waals surface area contributed by atoms with E-state index in [1.807, 2.05) is 77.9 Å². The van der Waals surface area contributed by atoms with Gasteiger partial charge in [-0.2, -0.15) is 0 Å². The van der Waals surface area contributed by atoms with Gasteiger partial charge in [-0.25, -0.2) is 19.9 Å². The van der Waals surface area contributed by atoms with Crippen molar-refractivity contribution in [2.75, 3.05) is 36.0 Å². The molecule has 3 aromatic heterocycles. The largest absolute Gasteiger partial charge is 1.00 e. The van der Waals surface area contributed by atoms with Crippen molar-refractivity contribution >= 4 is 157 Å². The molecule has 0 spiro atoms. The van der Waals surface area contributed by atoms with Gasteiger partial charge in [-0.3, -0.25) is 57.5 Å². The Labute approximate surface area is 633 Å². The summed E-state index contributed by atoms with van der Waals surface area (Å²) >= 11 is 1.50. The molecule has 0 unspecified atom stereocenters. The molecular formula is C67H53BFIK2N11O11. The summed E-state index contributed by atoms with van der Waals surface area (Å²) in [5.74, 6) is -0.666. The average molecular weight is 1420 g/mol. The molecule has 27 heteroatoms. The van der Waals surface area contributed by atoms with Crippen LogP contribution in [0.1, 0.15) is 84.4 Å². The fourth-order valence-corrected chi connectivity index (χ4v) is 12.7. The van der Waals surface area contributed by atoms with E-state index in [9.17, 15) is 42.7 Å². The van der Waals surface area contributed by atoms with E-state index in [1.165, 1.54) is 48.9 Å². The van der Waals surface area contributed by atoms with Crippen LogP contribution in [0.3, 0.4) is 0 Å². The van der Waals surface area contributed by atoms with E-state index >= 15 is 0 Å². The Morgan fingerprint density at radius 2 is 0.702 bits per heavy atom. The number of amides is 4. The summed E-state index contributed by atoms with van der Waals surface area (Å²) in [7, 11) is 0. The molecule has 16 rings (SSSR count). The summed E-state index contributed by atoms with van der Waals surface area (Å²) in [5, 5.41) is 13.6. The number of pyridine rings is 1. The molecule has 0 fully saturated rings. The SMILES string of the molecule is CC(C)CN1C(=O)c2ccc3c4c(ccc(c24)C1=O)-c1nc2cc4nc5c(nc4cc2nc1-3)-c1ccc2c3c(ccc-5c13)C(=O)N(CC(C)C)C2=O.CC(C)Cn1c(=O)c2ccc3c(=O)c(=O)c4ccc(c1=O)c2c34.F[B]I.Nc1cc(N)c(N)cc1N.O=CO[O-].[H-].[K+].[K+]. The second-order valence-corrected chi connectivity index (χ2v) is 24.2. The molecule has 0 bridgehead atoms. The molecule has 2 aliphatic heterocycles. The van der Waals surface area contributed by atoms with Crippen molar-refractivity contribution in [3.63, 3.8) is 0 Å². The number of nitrogens with zero attached hydrogens (tertiary/aromatic N) is 7. The van der Waals surface area contributed by atoms with Crippen molar-refractivity contribution in [1.82, 2.24) is 34.3 Å². The maximum Gasteiger partial charge on any atom is 1.00 e. The van der Waals surface area contributed by atoms with E-state index in [0.717, 1.165) is 33.0 Å². The Kier molecular flexibility index (Phi) is 20.0. The van der Waals surface area contributed by atoms with Gasteiger partial charge in [0, 0.05) is 118 Å². The molecule has 94 heavy (non-hydrogen) atoms. The summed E-state index contributed by atoms with van der Waals surface area (Å²) in [6.07, 6.45) is 0. The number of carbonyl (C=O) groups excluding carboxylic acids is 5. The van der Waals surface area contributed by atoms with Crippen LogP contribution >= 0.6 is 22.4 Å². The van der Waals surface area contributed by atoms with Gasteiger partial charge in [0.05, 0.1) is 67.6 Å². The Morgan fingerprint density at radius 3 is 0.968 bits per heavy atom. The standard InChI is InChI=1S/C42H28N6O4.C18H13NO4.C6H10N4.CH2O3.BFI.2K.H/c1-17(2)15-47-39(49)23-9-5-19-31-20(6-10-24(33(23)31)40(47)50)36-35(19)43-27-13-29-30(14-28(27)44-36)46-38-22-8-12-26-34-25(11-7-21(32(22)34)37(38)45-29)41(51)48(42(26)52)16-18(3)4;1-8(2)7-19-17(22)11-5-3-9-13-10(16(21)15(9)20)4-6-12(14(11)13)18(19)23;7-3-1-4(8)6(10)2-5(3)9;2-1-4-3;2-1-3;;;/h5-14,17-18H,15-16H2,1-4H3;3-6,8H,7H2,1-2H3;1-2H,7-10H2;1,3H;;;;/q;;;;;2*+1;-1/p-1. The van der Waals surface area contributed by atoms with E-state index < -0.39 is 10.9 Å². The molecule has 2 aliphatic carbocycles. The fourth-order valence-electron chi connectivity index (χ4n) is 12.7. The third kappa shape index (κ3) is 11.4. The van der Waals surface area contributed by atoms with Gasteiger partial charge in [-0.05, 0) is 90.6 Å². The molecule has 1 radical (unpaired) electrons. The molecule has 9 aromatic carbocycles. The maximum atomic E-state index is 13.6. The number of benzene rings is 8. The minimum absolute atomic E-state index is 0. The zero-order valence-corrected chi connectivity index (χ0v) is 60.3. The minimum Gasteiger partial charge on any atom is -1.00 e. The van der Waals surface area contributed by atoms with Gasteiger partial charge >= 0.3 is 108 Å². The minimum atomic E-state index is -0.576. The number of hydrogen-bond acceptors (Lipinski definition) is 19. The smallest absolute Gasteiger partial charge is 1.00 e. The predicted octanol–water partition coefficient (Wildman–Crippen LogP) is 2.53. The molecule has 0 saturated heterocycles. The van der Waals surface area contributed by atoms with Gasteiger partial charge in [-0.1, -0.05) is 65.8 Å². The number of halogens is 2. The first-order valence-electron chi connectivity index (χ1n) is 28.9. The molecular weight excluding hydrogens is 1370 g/mol. The van der Waals surface area contributed by atoms with E-state index in [1.54, 1.807) is 48.5 Å². The quantitative estimate of drug-likeness (QED) is 0.0205. The monoisotopic (exact) mass is 1420 g/mol. The van der Waals surface area contributed by atoms with Crippen molar-refractivity contribution < 1.29 is 143 Å². The number of rotatable bonds is 7. The zero-order chi connectivity index (χ0) is 65.8. The van der Waals surface area contributed by atoms with Crippen molar-refractivity contribution in [3.8, 4) is 45.0 Å². The third-order valence-electron chi connectivity index (χ3n) is 16.5. The Hall–Kier alpha value is -7.39. The van der Waals surface area contributed by atoms with Crippen LogP contribution in [0.2, 0.25) is 0 Å². The molecule has 0 atom stereocenters. The van der Waals surface area contributed by atoms with Crippen LogP contribution in [-0.4, -0.2) is 82.9 Å². The maximum absolute atomic E-state index is 13.6. The van der Waals surface area contributed by atoms with Gasteiger partial charge in [0.1, 0.15) is 0 Å². The second-order valence-electron chi connectivity index (χ2n) is 23.8. The molecule has 4 amide bonds. The van der Waals surface area contributed by atoms with Crippen LogP contribution < -0.4 is 153 Å². The molecule has 8 N–H and O–H groups in total. The van der Waals surface area contributed by atoms with Gasteiger partial charge in [0.15, 0.2) is 0 Å².